The quantitative estimate of drug-likeness (QED) is 0.812. The van der Waals surface area contributed by atoms with Gasteiger partial charge in [-0.05, 0) is 43.2 Å². The summed E-state index contributed by atoms with van der Waals surface area (Å²) >= 11 is 0. The van der Waals surface area contributed by atoms with Crippen LogP contribution in [-0.2, 0) is 16.4 Å². The van der Waals surface area contributed by atoms with Crippen LogP contribution >= 0.6 is 0 Å². The molecule has 0 amide bonds. The molecule has 2 rings (SSSR count). The molecule has 0 spiro atoms. The van der Waals surface area contributed by atoms with Crippen LogP contribution in [0.3, 0.4) is 0 Å². The molecule has 0 N–H and O–H groups in total. The molecule has 0 saturated carbocycles. The lowest BCUT2D eigenvalue weighted by atomic mass is 10.1. The van der Waals surface area contributed by atoms with Crippen molar-refractivity contribution < 1.29 is 8.42 Å². The van der Waals surface area contributed by atoms with Crippen molar-refractivity contribution in [1.29, 1.82) is 0 Å². The van der Waals surface area contributed by atoms with Crippen LogP contribution < -0.4 is 4.31 Å². The molecule has 2 aromatic rings. The number of anilines is 1. The van der Waals surface area contributed by atoms with Gasteiger partial charge in [0, 0.05) is 6.54 Å². The van der Waals surface area contributed by atoms with Crippen LogP contribution in [0, 0.1) is 0 Å². The first-order valence-electron chi connectivity index (χ1n) is 7.26. The second-order valence-electron chi connectivity index (χ2n) is 4.90. The van der Waals surface area contributed by atoms with Gasteiger partial charge in [0.15, 0.2) is 0 Å². The average Bonchev–Trinajstić information content (AvgIpc) is 2.50. The number of para-hydroxylation sites is 1. The zero-order valence-electron chi connectivity index (χ0n) is 12.5. The summed E-state index contributed by atoms with van der Waals surface area (Å²) in [7, 11) is -3.50. The highest BCUT2D eigenvalue weighted by molar-refractivity contribution is 7.92. The molecule has 0 bridgehead atoms. The minimum atomic E-state index is -3.50. The van der Waals surface area contributed by atoms with Gasteiger partial charge in [-0.25, -0.2) is 8.42 Å². The smallest absolute Gasteiger partial charge is 0.264 e. The molecule has 3 nitrogen and oxygen atoms in total. The highest BCUT2D eigenvalue weighted by Crippen LogP contribution is 2.23. The van der Waals surface area contributed by atoms with Crippen LogP contribution in [0.1, 0.15) is 25.8 Å². The molecule has 0 saturated heterocycles. The van der Waals surface area contributed by atoms with Gasteiger partial charge in [-0.1, -0.05) is 43.7 Å². The van der Waals surface area contributed by atoms with Gasteiger partial charge >= 0.3 is 0 Å². The summed E-state index contributed by atoms with van der Waals surface area (Å²) in [5.74, 6) is 0. The molecule has 0 heterocycles. The molecule has 0 aliphatic carbocycles. The van der Waals surface area contributed by atoms with Gasteiger partial charge in [0.1, 0.15) is 0 Å². The first kappa shape index (κ1) is 15.6. The minimum Gasteiger partial charge on any atom is -0.267 e. The summed E-state index contributed by atoms with van der Waals surface area (Å²) in [5.41, 5.74) is 1.86. The van der Waals surface area contributed by atoms with Crippen LogP contribution in [0.4, 0.5) is 5.69 Å². The minimum absolute atomic E-state index is 0.341. The van der Waals surface area contributed by atoms with Crippen molar-refractivity contribution in [3.8, 4) is 0 Å². The Bertz CT molecular complexity index is 664. The SMILES string of the molecule is CCCc1ccc(S(=O)(=O)N(CC)c2ccccc2)cc1. The van der Waals surface area contributed by atoms with E-state index in [1.54, 1.807) is 12.1 Å². The Morgan fingerprint density at radius 1 is 0.905 bits per heavy atom. The number of rotatable bonds is 6. The molecule has 0 aromatic heterocycles. The predicted molar refractivity (Wildman–Crippen MR) is 87.1 cm³/mol. The molecule has 0 aliphatic heterocycles. The Hall–Kier alpha value is -1.81. The third kappa shape index (κ3) is 3.45. The molecule has 112 valence electrons. The first-order valence-corrected chi connectivity index (χ1v) is 8.70. The van der Waals surface area contributed by atoms with Crippen molar-refractivity contribution in [3.05, 3.63) is 60.2 Å². The fourth-order valence-corrected chi connectivity index (χ4v) is 3.80. The molecule has 0 unspecified atom stereocenters. The van der Waals surface area contributed by atoms with E-state index in [-0.39, 0.29) is 0 Å². The van der Waals surface area contributed by atoms with Crippen molar-refractivity contribution in [1.82, 2.24) is 0 Å². The van der Waals surface area contributed by atoms with Gasteiger partial charge in [-0.15, -0.1) is 0 Å². The summed E-state index contributed by atoms with van der Waals surface area (Å²) in [4.78, 5) is 0.341. The second-order valence-corrected chi connectivity index (χ2v) is 6.76. The standard InChI is InChI=1S/C17H21NO2S/c1-3-8-15-11-13-17(14-12-15)21(19,20)18(4-2)16-9-6-5-7-10-16/h5-7,9-14H,3-4,8H2,1-2H3. The molecule has 0 aliphatic rings. The number of hydrogen-bond acceptors (Lipinski definition) is 2. The van der Waals surface area contributed by atoms with E-state index in [2.05, 4.69) is 6.92 Å². The summed E-state index contributed by atoms with van der Waals surface area (Å²) in [6, 6.07) is 16.4. The molecule has 4 heteroatoms. The van der Waals surface area contributed by atoms with Crippen LogP contribution in [0.25, 0.3) is 0 Å². The molecule has 2 aromatic carbocycles. The maximum absolute atomic E-state index is 12.8. The van der Waals surface area contributed by atoms with Crippen LogP contribution in [0.2, 0.25) is 0 Å². The molecule has 21 heavy (non-hydrogen) atoms. The molecule has 0 radical (unpaired) electrons. The molecule has 0 fully saturated rings. The number of sulfonamides is 1. The van der Waals surface area contributed by atoms with Gasteiger partial charge in [0.2, 0.25) is 0 Å². The van der Waals surface area contributed by atoms with E-state index in [4.69, 9.17) is 0 Å². The summed E-state index contributed by atoms with van der Waals surface area (Å²) in [5, 5.41) is 0. The monoisotopic (exact) mass is 303 g/mol. The lowest BCUT2D eigenvalue weighted by Gasteiger charge is -2.23. The number of nitrogens with zero attached hydrogens (tertiary/aromatic N) is 1. The summed E-state index contributed by atoms with van der Waals surface area (Å²) in [6.45, 7) is 4.36. The average molecular weight is 303 g/mol. The normalized spacial score (nSPS) is 11.3. The van der Waals surface area contributed by atoms with Crippen LogP contribution in [0.15, 0.2) is 59.5 Å². The van der Waals surface area contributed by atoms with Crippen molar-refractivity contribution >= 4 is 15.7 Å². The van der Waals surface area contributed by atoms with Crippen LogP contribution in [0.5, 0.6) is 0 Å². The van der Waals surface area contributed by atoms with Crippen molar-refractivity contribution in [2.45, 2.75) is 31.6 Å². The number of aryl methyl sites for hydroxylation is 1. The highest BCUT2D eigenvalue weighted by Gasteiger charge is 2.23. The Morgan fingerprint density at radius 3 is 2.05 bits per heavy atom. The second kappa shape index (κ2) is 6.76. The van der Waals surface area contributed by atoms with Gasteiger partial charge in [0.25, 0.3) is 10.0 Å². The summed E-state index contributed by atoms with van der Waals surface area (Å²) in [6.07, 6.45) is 2.02. The van der Waals surface area contributed by atoms with E-state index in [0.29, 0.717) is 17.1 Å². The van der Waals surface area contributed by atoms with Gasteiger partial charge in [0.05, 0.1) is 10.6 Å². The van der Waals surface area contributed by atoms with E-state index in [0.717, 1.165) is 12.8 Å². The molecule has 0 atom stereocenters. The lowest BCUT2D eigenvalue weighted by Crippen LogP contribution is -2.30. The lowest BCUT2D eigenvalue weighted by molar-refractivity contribution is 0.592. The predicted octanol–water partition coefficient (Wildman–Crippen LogP) is 3.85. The largest absolute Gasteiger partial charge is 0.267 e. The van der Waals surface area contributed by atoms with E-state index in [1.807, 2.05) is 49.4 Å². The number of hydrogen-bond donors (Lipinski definition) is 0. The van der Waals surface area contributed by atoms with E-state index in [9.17, 15) is 8.42 Å². The zero-order valence-corrected chi connectivity index (χ0v) is 13.3. The van der Waals surface area contributed by atoms with E-state index >= 15 is 0 Å². The first-order chi connectivity index (χ1) is 10.1. The Kier molecular flexibility index (Phi) is 5.02. The summed E-state index contributed by atoms with van der Waals surface area (Å²) < 4.78 is 27.0. The zero-order chi connectivity index (χ0) is 15.3. The molecular formula is C17H21NO2S. The van der Waals surface area contributed by atoms with Crippen molar-refractivity contribution in [2.24, 2.45) is 0 Å². The molecular weight excluding hydrogens is 282 g/mol. The maximum Gasteiger partial charge on any atom is 0.264 e. The van der Waals surface area contributed by atoms with Crippen LogP contribution in [-0.4, -0.2) is 15.0 Å². The Balaban J connectivity index is 2.35. The van der Waals surface area contributed by atoms with Crippen molar-refractivity contribution in [3.63, 3.8) is 0 Å². The fraction of sp³-hybridized carbons (Fsp3) is 0.294. The number of benzene rings is 2. The Morgan fingerprint density at radius 2 is 1.52 bits per heavy atom. The third-order valence-electron chi connectivity index (χ3n) is 3.38. The topological polar surface area (TPSA) is 37.4 Å². The maximum atomic E-state index is 12.8. The van der Waals surface area contributed by atoms with Gasteiger partial charge in [-0.3, -0.25) is 4.31 Å². The van der Waals surface area contributed by atoms with Gasteiger partial charge in [-0.2, -0.15) is 0 Å². The van der Waals surface area contributed by atoms with Crippen molar-refractivity contribution in [2.75, 3.05) is 10.8 Å². The fourth-order valence-electron chi connectivity index (χ4n) is 2.33. The van der Waals surface area contributed by atoms with E-state index in [1.165, 1.54) is 9.87 Å². The van der Waals surface area contributed by atoms with Gasteiger partial charge < -0.3 is 0 Å². The third-order valence-corrected chi connectivity index (χ3v) is 5.30. The van der Waals surface area contributed by atoms with E-state index < -0.39 is 10.0 Å². The Labute approximate surface area is 127 Å². The highest BCUT2D eigenvalue weighted by atomic mass is 32.2.